The molecule has 90 valence electrons. The highest BCUT2D eigenvalue weighted by Crippen LogP contribution is 2.48. The van der Waals surface area contributed by atoms with E-state index < -0.39 is 0 Å². The second-order valence-electron chi connectivity index (χ2n) is 5.68. The van der Waals surface area contributed by atoms with E-state index in [1.54, 1.807) is 0 Å². The second-order valence-corrected chi connectivity index (χ2v) is 5.68. The maximum absolute atomic E-state index is 5.84. The van der Waals surface area contributed by atoms with Crippen LogP contribution in [0.15, 0.2) is 18.3 Å². The van der Waals surface area contributed by atoms with Gasteiger partial charge in [0, 0.05) is 17.8 Å². The van der Waals surface area contributed by atoms with Crippen molar-refractivity contribution in [2.24, 2.45) is 5.41 Å². The predicted molar refractivity (Wildman–Crippen MR) is 67.8 cm³/mol. The molecule has 0 amide bonds. The molecule has 2 aromatic rings. The van der Waals surface area contributed by atoms with Gasteiger partial charge in [0.2, 0.25) is 0 Å². The summed E-state index contributed by atoms with van der Waals surface area (Å²) in [6.07, 6.45) is 5.66. The Morgan fingerprint density at radius 2 is 2.18 bits per heavy atom. The quantitative estimate of drug-likeness (QED) is 0.819. The highest BCUT2D eigenvalue weighted by molar-refractivity contribution is 5.47. The minimum Gasteiger partial charge on any atom is -0.398 e. The van der Waals surface area contributed by atoms with Gasteiger partial charge in [-0.1, -0.05) is 20.3 Å². The predicted octanol–water partition coefficient (Wildman–Crippen LogP) is 2.61. The van der Waals surface area contributed by atoms with E-state index in [0.29, 0.717) is 11.3 Å². The summed E-state index contributed by atoms with van der Waals surface area (Å²) in [5, 5.41) is 8.60. The van der Waals surface area contributed by atoms with Gasteiger partial charge < -0.3 is 5.73 Å². The van der Waals surface area contributed by atoms with Crippen molar-refractivity contribution in [1.29, 1.82) is 0 Å². The van der Waals surface area contributed by atoms with Crippen molar-refractivity contribution in [2.45, 2.75) is 39.0 Å². The van der Waals surface area contributed by atoms with Gasteiger partial charge in [0.05, 0.1) is 0 Å². The zero-order valence-electron chi connectivity index (χ0n) is 10.3. The minimum atomic E-state index is 0.313. The van der Waals surface area contributed by atoms with Gasteiger partial charge in [-0.25, -0.2) is 0 Å². The average Bonchev–Trinajstić information content (AvgIpc) is 2.80. The summed E-state index contributed by atoms with van der Waals surface area (Å²) in [6, 6.07) is 3.79. The van der Waals surface area contributed by atoms with Crippen molar-refractivity contribution in [1.82, 2.24) is 14.6 Å². The molecule has 2 N–H and O–H groups in total. The molecule has 4 heteroatoms. The van der Waals surface area contributed by atoms with E-state index in [2.05, 4.69) is 24.0 Å². The minimum absolute atomic E-state index is 0.313. The second kappa shape index (κ2) is 3.45. The lowest BCUT2D eigenvalue weighted by molar-refractivity contribution is 0.320. The Morgan fingerprint density at radius 1 is 1.35 bits per heavy atom. The van der Waals surface area contributed by atoms with Crippen LogP contribution in [-0.4, -0.2) is 14.6 Å². The Hall–Kier alpha value is -1.58. The van der Waals surface area contributed by atoms with Crippen LogP contribution in [0.2, 0.25) is 0 Å². The molecule has 0 spiro atoms. The molecule has 0 aromatic carbocycles. The molecule has 17 heavy (non-hydrogen) atoms. The topological polar surface area (TPSA) is 56.2 Å². The van der Waals surface area contributed by atoms with E-state index in [9.17, 15) is 0 Å². The number of rotatable bonds is 1. The molecule has 0 bridgehead atoms. The number of nitrogens with two attached hydrogens (primary N) is 1. The van der Waals surface area contributed by atoms with Crippen LogP contribution in [0.25, 0.3) is 5.65 Å². The molecule has 1 saturated carbocycles. The standard InChI is InChI=1S/C13H18N4/c1-13(2)7-3-4-10(13)12-16-15-11-6-5-9(14)8-17(11)12/h5-6,8,10H,3-4,7,14H2,1-2H3. The lowest BCUT2D eigenvalue weighted by atomic mass is 9.81. The fourth-order valence-electron chi connectivity index (χ4n) is 2.97. The van der Waals surface area contributed by atoms with Gasteiger partial charge in [-0.3, -0.25) is 4.40 Å². The molecule has 1 aliphatic carbocycles. The van der Waals surface area contributed by atoms with Crippen LogP contribution >= 0.6 is 0 Å². The molecule has 2 aromatic heterocycles. The van der Waals surface area contributed by atoms with Gasteiger partial charge in [0.15, 0.2) is 5.65 Å². The summed E-state index contributed by atoms with van der Waals surface area (Å²) in [7, 11) is 0. The zero-order valence-corrected chi connectivity index (χ0v) is 10.3. The smallest absolute Gasteiger partial charge is 0.160 e. The Morgan fingerprint density at radius 3 is 2.88 bits per heavy atom. The molecule has 1 aliphatic rings. The van der Waals surface area contributed by atoms with Gasteiger partial charge in [0.25, 0.3) is 0 Å². The molecule has 1 atom stereocenters. The van der Waals surface area contributed by atoms with E-state index in [1.807, 2.05) is 22.7 Å². The van der Waals surface area contributed by atoms with E-state index in [-0.39, 0.29) is 0 Å². The molecule has 1 fully saturated rings. The number of nitrogens with zero attached hydrogens (tertiary/aromatic N) is 3. The number of fused-ring (bicyclic) bond motifs is 1. The van der Waals surface area contributed by atoms with Crippen LogP contribution in [-0.2, 0) is 0 Å². The summed E-state index contributed by atoms with van der Waals surface area (Å²) < 4.78 is 2.05. The fourth-order valence-corrected chi connectivity index (χ4v) is 2.97. The third-order valence-corrected chi connectivity index (χ3v) is 4.02. The largest absolute Gasteiger partial charge is 0.398 e. The molecular weight excluding hydrogens is 212 g/mol. The summed E-state index contributed by atoms with van der Waals surface area (Å²) in [6.45, 7) is 4.63. The molecule has 3 rings (SSSR count). The van der Waals surface area contributed by atoms with E-state index in [1.165, 1.54) is 19.3 Å². The first-order chi connectivity index (χ1) is 8.08. The van der Waals surface area contributed by atoms with Crippen LogP contribution in [0.5, 0.6) is 0 Å². The normalized spacial score (nSPS) is 23.3. The average molecular weight is 230 g/mol. The molecule has 4 nitrogen and oxygen atoms in total. The Labute approximate surface area is 101 Å². The van der Waals surface area contributed by atoms with Crippen molar-refractivity contribution in [3.05, 3.63) is 24.2 Å². The monoisotopic (exact) mass is 230 g/mol. The van der Waals surface area contributed by atoms with Crippen LogP contribution in [0.4, 0.5) is 5.69 Å². The third-order valence-electron chi connectivity index (χ3n) is 4.02. The van der Waals surface area contributed by atoms with Crippen LogP contribution in [0, 0.1) is 5.41 Å². The highest BCUT2D eigenvalue weighted by atomic mass is 15.2. The fraction of sp³-hybridized carbons (Fsp3) is 0.538. The van der Waals surface area contributed by atoms with Crippen molar-refractivity contribution in [3.63, 3.8) is 0 Å². The third kappa shape index (κ3) is 1.59. The van der Waals surface area contributed by atoms with Gasteiger partial charge >= 0.3 is 0 Å². The Balaban J connectivity index is 2.14. The lowest BCUT2D eigenvalue weighted by Crippen LogP contribution is -2.18. The summed E-state index contributed by atoms with van der Waals surface area (Å²) in [4.78, 5) is 0. The molecule has 0 aliphatic heterocycles. The summed E-state index contributed by atoms with van der Waals surface area (Å²) in [5.74, 6) is 1.55. The highest BCUT2D eigenvalue weighted by Gasteiger charge is 2.38. The first-order valence-corrected chi connectivity index (χ1v) is 6.18. The van der Waals surface area contributed by atoms with Gasteiger partial charge in [0.1, 0.15) is 5.82 Å². The maximum atomic E-state index is 5.84. The Kier molecular flexibility index (Phi) is 2.15. The zero-order chi connectivity index (χ0) is 12.0. The number of anilines is 1. The van der Waals surface area contributed by atoms with Crippen molar-refractivity contribution in [2.75, 3.05) is 5.73 Å². The molecule has 0 radical (unpaired) electrons. The number of aromatic nitrogens is 3. The van der Waals surface area contributed by atoms with Crippen LogP contribution in [0.3, 0.4) is 0 Å². The first-order valence-electron chi connectivity index (χ1n) is 6.18. The summed E-state index contributed by atoms with van der Waals surface area (Å²) >= 11 is 0. The number of nitrogen functional groups attached to an aromatic ring is 1. The molecule has 2 heterocycles. The van der Waals surface area contributed by atoms with Crippen molar-refractivity contribution >= 4 is 11.3 Å². The number of pyridine rings is 1. The maximum Gasteiger partial charge on any atom is 0.160 e. The molecule has 0 saturated heterocycles. The van der Waals surface area contributed by atoms with Gasteiger partial charge in [-0.15, -0.1) is 10.2 Å². The number of hydrogen-bond donors (Lipinski definition) is 1. The lowest BCUT2D eigenvalue weighted by Gasteiger charge is -2.25. The van der Waals surface area contributed by atoms with Gasteiger partial charge in [-0.05, 0) is 30.4 Å². The van der Waals surface area contributed by atoms with Crippen LogP contribution in [0.1, 0.15) is 44.9 Å². The summed E-state index contributed by atoms with van der Waals surface area (Å²) in [5.41, 5.74) is 7.80. The van der Waals surface area contributed by atoms with E-state index >= 15 is 0 Å². The van der Waals surface area contributed by atoms with Crippen molar-refractivity contribution in [3.8, 4) is 0 Å². The van der Waals surface area contributed by atoms with Gasteiger partial charge in [-0.2, -0.15) is 0 Å². The Bertz CT molecular complexity index is 556. The SMILES string of the molecule is CC1(C)CCCC1c1nnc2ccc(N)cn12. The van der Waals surface area contributed by atoms with Crippen molar-refractivity contribution < 1.29 is 0 Å². The van der Waals surface area contributed by atoms with E-state index in [0.717, 1.165) is 17.2 Å². The van der Waals surface area contributed by atoms with E-state index in [4.69, 9.17) is 5.73 Å². The first kappa shape index (κ1) is 10.6. The molecule has 1 unspecified atom stereocenters. The molecular formula is C13H18N4. The number of hydrogen-bond acceptors (Lipinski definition) is 3. The van der Waals surface area contributed by atoms with Crippen LogP contribution < -0.4 is 5.73 Å².